The summed E-state index contributed by atoms with van der Waals surface area (Å²) in [5.41, 5.74) is 9.27. The molecule has 164 valence electrons. The van der Waals surface area contributed by atoms with Crippen molar-refractivity contribution in [3.8, 4) is 0 Å². The molecule has 0 saturated heterocycles. The number of aromatic amines is 4. The molecule has 6 N–H and O–H groups in total. The topological polar surface area (TPSA) is 87.2 Å². The van der Waals surface area contributed by atoms with Gasteiger partial charge in [0.05, 0.1) is 12.1 Å². The predicted molar refractivity (Wildman–Crippen MR) is 129 cm³/mol. The Labute approximate surface area is 188 Å². The average Bonchev–Trinajstić information content (AvgIpc) is 3.58. The number of hydrogen-bond acceptors (Lipinski definition) is 2. The van der Waals surface area contributed by atoms with Crippen molar-refractivity contribution in [2.75, 3.05) is 13.1 Å². The largest absolute Gasteiger partial charge is 0.360 e. The Bertz CT molecular complexity index is 1030. The summed E-state index contributed by atoms with van der Waals surface area (Å²) in [6.07, 6.45) is 5.41. The fourth-order valence-electron chi connectivity index (χ4n) is 4.51. The van der Waals surface area contributed by atoms with Gasteiger partial charge in [-0.1, -0.05) is 12.2 Å². The summed E-state index contributed by atoms with van der Waals surface area (Å²) < 4.78 is 0. The van der Waals surface area contributed by atoms with Gasteiger partial charge in [-0.2, -0.15) is 0 Å². The SMILES string of the molecule is C=CCNC1c2ccc([nH]2)Cc2ccc([nH]2)C(NCC=C)c2ccc([nH]2)Cc2ccc1[nH]2. The van der Waals surface area contributed by atoms with Gasteiger partial charge in [-0.25, -0.2) is 0 Å². The summed E-state index contributed by atoms with van der Waals surface area (Å²) in [6, 6.07) is 17.5. The van der Waals surface area contributed by atoms with Gasteiger partial charge in [0.15, 0.2) is 0 Å². The van der Waals surface area contributed by atoms with Crippen molar-refractivity contribution in [1.29, 1.82) is 0 Å². The van der Waals surface area contributed by atoms with E-state index in [1.54, 1.807) is 0 Å². The first-order valence-electron chi connectivity index (χ1n) is 11.1. The predicted octanol–water partition coefficient (Wildman–Crippen LogP) is 4.22. The second-order valence-electron chi connectivity index (χ2n) is 8.37. The van der Waals surface area contributed by atoms with Crippen molar-refractivity contribution in [3.05, 3.63) is 119 Å². The highest BCUT2D eigenvalue weighted by Crippen LogP contribution is 2.26. The monoisotopic (exact) mass is 426 g/mol. The quantitative estimate of drug-likeness (QED) is 0.261. The number of hydrogen-bond donors (Lipinski definition) is 6. The van der Waals surface area contributed by atoms with E-state index in [0.717, 1.165) is 48.7 Å². The summed E-state index contributed by atoms with van der Waals surface area (Å²) in [6.45, 7) is 9.19. The van der Waals surface area contributed by atoms with E-state index in [1.165, 1.54) is 22.8 Å². The molecule has 6 nitrogen and oxygen atoms in total. The van der Waals surface area contributed by atoms with Gasteiger partial charge in [-0.3, -0.25) is 0 Å². The minimum atomic E-state index is 0.0503. The molecule has 4 aromatic rings. The molecule has 0 atom stereocenters. The first-order chi connectivity index (χ1) is 15.7. The maximum absolute atomic E-state index is 3.87. The van der Waals surface area contributed by atoms with Gasteiger partial charge in [0.2, 0.25) is 0 Å². The highest BCUT2D eigenvalue weighted by atomic mass is 15.0. The zero-order chi connectivity index (χ0) is 21.9. The lowest BCUT2D eigenvalue weighted by Crippen LogP contribution is -2.23. The second kappa shape index (κ2) is 8.94. The zero-order valence-electron chi connectivity index (χ0n) is 18.2. The van der Waals surface area contributed by atoms with Crippen molar-refractivity contribution in [2.45, 2.75) is 24.9 Å². The molecule has 0 spiro atoms. The van der Waals surface area contributed by atoms with Gasteiger partial charge >= 0.3 is 0 Å². The standard InChI is InChI=1S/C26H30N6/c1-3-13-27-25-21-9-5-17(29-21)15-19-7-11-23(31-19)26(28-14-4-2)24-12-8-20(32-24)16-18-6-10-22(25)30-18/h3-12,25-32H,1-2,13-16H2. The molecule has 32 heavy (non-hydrogen) atoms. The van der Waals surface area contributed by atoms with E-state index in [-0.39, 0.29) is 12.1 Å². The van der Waals surface area contributed by atoms with Crippen LogP contribution in [-0.2, 0) is 12.8 Å². The fourth-order valence-corrected chi connectivity index (χ4v) is 4.51. The van der Waals surface area contributed by atoms with Crippen LogP contribution in [0.3, 0.4) is 0 Å². The maximum atomic E-state index is 3.87. The van der Waals surface area contributed by atoms with E-state index in [2.05, 4.69) is 92.3 Å². The van der Waals surface area contributed by atoms with Crippen LogP contribution < -0.4 is 10.6 Å². The molecular formula is C26H30N6. The van der Waals surface area contributed by atoms with Crippen LogP contribution in [0.25, 0.3) is 0 Å². The smallest absolute Gasteiger partial charge is 0.0882 e. The van der Waals surface area contributed by atoms with E-state index in [9.17, 15) is 0 Å². The molecule has 5 heterocycles. The third-order valence-electron chi connectivity index (χ3n) is 6.01. The summed E-state index contributed by atoms with van der Waals surface area (Å²) >= 11 is 0. The molecule has 0 aliphatic carbocycles. The van der Waals surface area contributed by atoms with Crippen molar-refractivity contribution in [2.24, 2.45) is 0 Å². The highest BCUT2D eigenvalue weighted by Gasteiger charge is 2.20. The average molecular weight is 427 g/mol. The van der Waals surface area contributed by atoms with Gasteiger partial charge in [0, 0.05) is 71.5 Å². The fraction of sp³-hybridized carbons (Fsp3) is 0.231. The third kappa shape index (κ3) is 4.15. The van der Waals surface area contributed by atoms with Crippen molar-refractivity contribution in [1.82, 2.24) is 30.6 Å². The molecule has 0 saturated carbocycles. The van der Waals surface area contributed by atoms with Crippen molar-refractivity contribution < 1.29 is 0 Å². The van der Waals surface area contributed by atoms with Crippen LogP contribution in [0.2, 0.25) is 0 Å². The molecule has 1 aliphatic heterocycles. The van der Waals surface area contributed by atoms with Crippen LogP contribution in [0.4, 0.5) is 0 Å². The van der Waals surface area contributed by atoms with Crippen molar-refractivity contribution >= 4 is 0 Å². The Balaban J connectivity index is 1.56. The van der Waals surface area contributed by atoms with Gasteiger partial charge < -0.3 is 30.6 Å². The van der Waals surface area contributed by atoms with Gasteiger partial charge in [-0.15, -0.1) is 13.2 Å². The van der Waals surface area contributed by atoms with Crippen LogP contribution in [0.15, 0.2) is 73.8 Å². The first-order valence-corrected chi connectivity index (χ1v) is 11.1. The molecule has 5 rings (SSSR count). The minimum absolute atomic E-state index is 0.0503. The van der Waals surface area contributed by atoms with Crippen LogP contribution in [0.5, 0.6) is 0 Å². The van der Waals surface area contributed by atoms with Crippen molar-refractivity contribution in [3.63, 3.8) is 0 Å². The van der Waals surface area contributed by atoms with Crippen LogP contribution in [0, 0.1) is 0 Å². The van der Waals surface area contributed by atoms with Gasteiger partial charge in [-0.05, 0) is 48.5 Å². The van der Waals surface area contributed by atoms with E-state index < -0.39 is 0 Å². The Morgan fingerprint density at radius 2 is 0.906 bits per heavy atom. The number of fused-ring (bicyclic) bond motifs is 8. The van der Waals surface area contributed by atoms with Crippen LogP contribution in [0.1, 0.15) is 57.6 Å². The molecule has 6 heteroatoms. The van der Waals surface area contributed by atoms with Gasteiger partial charge in [0.1, 0.15) is 0 Å². The molecule has 0 aromatic carbocycles. The van der Waals surface area contributed by atoms with Gasteiger partial charge in [0.25, 0.3) is 0 Å². The number of aromatic nitrogens is 4. The van der Waals surface area contributed by atoms with E-state index in [0.29, 0.717) is 0 Å². The molecule has 8 bridgehead atoms. The van der Waals surface area contributed by atoms with Crippen LogP contribution >= 0.6 is 0 Å². The summed E-state index contributed by atoms with van der Waals surface area (Å²) in [4.78, 5) is 14.5. The normalized spacial score (nSPS) is 17.9. The second-order valence-corrected chi connectivity index (χ2v) is 8.37. The summed E-state index contributed by atoms with van der Waals surface area (Å²) in [5.74, 6) is 0. The minimum Gasteiger partial charge on any atom is -0.360 e. The van der Waals surface area contributed by atoms with E-state index in [1.807, 2.05) is 12.2 Å². The molecule has 0 fully saturated rings. The third-order valence-corrected chi connectivity index (χ3v) is 6.01. The molecule has 4 aromatic heterocycles. The maximum Gasteiger partial charge on any atom is 0.0882 e. The Kier molecular flexibility index (Phi) is 5.71. The zero-order valence-corrected chi connectivity index (χ0v) is 18.2. The summed E-state index contributed by atoms with van der Waals surface area (Å²) in [7, 11) is 0. The van der Waals surface area contributed by atoms with Crippen LogP contribution in [-0.4, -0.2) is 33.0 Å². The molecule has 0 radical (unpaired) electrons. The number of rotatable bonds is 6. The molecule has 0 unspecified atom stereocenters. The molecule has 0 amide bonds. The highest BCUT2D eigenvalue weighted by molar-refractivity contribution is 5.33. The number of nitrogens with one attached hydrogen (secondary N) is 6. The molecule has 1 aliphatic rings. The van der Waals surface area contributed by atoms with E-state index >= 15 is 0 Å². The van der Waals surface area contributed by atoms with E-state index in [4.69, 9.17) is 0 Å². The Hall–Kier alpha value is -3.48. The lowest BCUT2D eigenvalue weighted by Gasteiger charge is -2.17. The Morgan fingerprint density at radius 1 is 0.594 bits per heavy atom. The first kappa shape index (κ1) is 20.4. The lowest BCUT2D eigenvalue weighted by molar-refractivity contribution is 0.619. The summed E-state index contributed by atoms with van der Waals surface area (Å²) in [5, 5.41) is 7.15. The Morgan fingerprint density at radius 3 is 1.19 bits per heavy atom. The lowest BCUT2D eigenvalue weighted by atomic mass is 10.1. The molecular weight excluding hydrogens is 396 g/mol. The number of H-pyrrole nitrogens is 4.